The molecule has 2 fully saturated rings. The molecule has 27 heavy (non-hydrogen) atoms. The minimum atomic E-state index is 0.00212. The van der Waals surface area contributed by atoms with Gasteiger partial charge in [0.1, 0.15) is 5.82 Å². The van der Waals surface area contributed by atoms with Gasteiger partial charge in [-0.2, -0.15) is 5.10 Å². The quantitative estimate of drug-likeness (QED) is 0.889. The number of anilines is 1. The Labute approximate surface area is 160 Å². The van der Waals surface area contributed by atoms with Crippen molar-refractivity contribution in [3.63, 3.8) is 0 Å². The Morgan fingerprint density at radius 3 is 2.85 bits per heavy atom. The third-order valence-electron chi connectivity index (χ3n) is 5.85. The third-order valence-corrected chi connectivity index (χ3v) is 5.85. The van der Waals surface area contributed by atoms with Crippen molar-refractivity contribution in [1.82, 2.24) is 24.2 Å². The number of aromatic nitrogens is 4. The van der Waals surface area contributed by atoms with Gasteiger partial charge in [0.15, 0.2) is 0 Å². The molecule has 7 heteroatoms. The topological polar surface area (TPSA) is 68.0 Å². The number of nitrogens with one attached hydrogen (secondary N) is 1. The van der Waals surface area contributed by atoms with Gasteiger partial charge in [-0.15, -0.1) is 0 Å². The van der Waals surface area contributed by atoms with Crippen LogP contribution in [-0.4, -0.2) is 43.4 Å². The van der Waals surface area contributed by atoms with Crippen molar-refractivity contribution < 1.29 is 4.79 Å². The first-order chi connectivity index (χ1) is 13.2. The predicted octanol–water partition coefficient (Wildman–Crippen LogP) is 3.84. The molecule has 2 aromatic rings. The molecule has 1 saturated heterocycles. The highest BCUT2D eigenvalue weighted by Gasteiger charge is 2.26. The van der Waals surface area contributed by atoms with Crippen molar-refractivity contribution >= 4 is 11.8 Å². The fraction of sp³-hybridized carbons (Fsp3) is 0.650. The summed E-state index contributed by atoms with van der Waals surface area (Å²) in [5.74, 6) is 1.32. The number of aryl methyl sites for hydroxylation is 1. The first-order valence-corrected chi connectivity index (χ1v) is 10.3. The van der Waals surface area contributed by atoms with Crippen LogP contribution in [0.5, 0.6) is 0 Å². The van der Waals surface area contributed by atoms with E-state index in [1.54, 1.807) is 0 Å². The Bertz CT molecular complexity index is 747. The molecule has 7 nitrogen and oxygen atoms in total. The van der Waals surface area contributed by atoms with E-state index in [0.29, 0.717) is 12.0 Å². The van der Waals surface area contributed by atoms with E-state index in [-0.39, 0.29) is 6.03 Å². The second-order valence-corrected chi connectivity index (χ2v) is 8.05. The Kier molecular flexibility index (Phi) is 5.45. The average molecular weight is 371 g/mol. The Morgan fingerprint density at radius 2 is 2.07 bits per heavy atom. The van der Waals surface area contributed by atoms with E-state index in [1.807, 2.05) is 36.6 Å². The number of likely N-dealkylation sites (tertiary alicyclic amines) is 1. The van der Waals surface area contributed by atoms with Crippen LogP contribution < -0.4 is 5.32 Å². The standard InChI is InChI=1S/C20H30N6O/c1-16-12-19(26(23-16)18-7-3-2-4-8-18)22-20(27)25-10-5-6-17(14-25)13-24-11-9-21-15-24/h9,11-12,15,17-18H,2-8,10,13-14H2,1H3,(H,22,27)/t17-/m1/s1. The minimum Gasteiger partial charge on any atom is -0.337 e. The summed E-state index contributed by atoms with van der Waals surface area (Å²) in [6.45, 7) is 4.53. The summed E-state index contributed by atoms with van der Waals surface area (Å²) in [5, 5.41) is 7.82. The second-order valence-electron chi connectivity index (χ2n) is 8.05. The number of hydrogen-bond acceptors (Lipinski definition) is 3. The van der Waals surface area contributed by atoms with Crippen LogP contribution in [0, 0.1) is 12.8 Å². The smallest absolute Gasteiger partial charge is 0.323 e. The van der Waals surface area contributed by atoms with E-state index in [0.717, 1.165) is 56.8 Å². The molecule has 0 unspecified atom stereocenters. The number of rotatable bonds is 4. The van der Waals surface area contributed by atoms with Crippen molar-refractivity contribution in [2.24, 2.45) is 5.92 Å². The molecule has 2 aliphatic rings. The SMILES string of the molecule is Cc1cc(NC(=O)N2CCC[C@H](Cn3ccnc3)C2)n(C2CCCCC2)n1. The second kappa shape index (κ2) is 8.15. The lowest BCUT2D eigenvalue weighted by Crippen LogP contribution is -2.43. The van der Waals surface area contributed by atoms with Gasteiger partial charge in [-0.3, -0.25) is 5.32 Å². The van der Waals surface area contributed by atoms with E-state index in [1.165, 1.54) is 19.3 Å². The van der Waals surface area contributed by atoms with E-state index in [4.69, 9.17) is 0 Å². The van der Waals surface area contributed by atoms with Crippen LogP contribution in [0.1, 0.15) is 56.7 Å². The zero-order valence-corrected chi connectivity index (χ0v) is 16.2. The fourth-order valence-electron chi connectivity index (χ4n) is 4.49. The molecule has 2 aromatic heterocycles. The zero-order chi connectivity index (χ0) is 18.6. The van der Waals surface area contributed by atoms with Crippen LogP contribution >= 0.6 is 0 Å². The lowest BCUT2D eigenvalue weighted by atomic mass is 9.96. The maximum absolute atomic E-state index is 12.9. The summed E-state index contributed by atoms with van der Waals surface area (Å²) < 4.78 is 4.16. The number of imidazole rings is 1. The van der Waals surface area contributed by atoms with Crippen molar-refractivity contribution in [1.29, 1.82) is 0 Å². The van der Waals surface area contributed by atoms with Gasteiger partial charge in [0.25, 0.3) is 0 Å². The largest absolute Gasteiger partial charge is 0.337 e. The van der Waals surface area contributed by atoms with Crippen LogP contribution in [0.2, 0.25) is 0 Å². The molecular weight excluding hydrogens is 340 g/mol. The predicted molar refractivity (Wildman–Crippen MR) is 105 cm³/mol. The number of nitrogens with zero attached hydrogens (tertiary/aromatic N) is 5. The van der Waals surface area contributed by atoms with Crippen molar-refractivity contribution in [2.45, 2.75) is 64.5 Å². The summed E-state index contributed by atoms with van der Waals surface area (Å²) in [7, 11) is 0. The summed E-state index contributed by atoms with van der Waals surface area (Å²) in [4.78, 5) is 19.0. The maximum Gasteiger partial charge on any atom is 0.323 e. The van der Waals surface area contributed by atoms with E-state index < -0.39 is 0 Å². The van der Waals surface area contributed by atoms with Gasteiger partial charge >= 0.3 is 6.03 Å². The van der Waals surface area contributed by atoms with Gasteiger partial charge in [-0.25, -0.2) is 14.5 Å². The first kappa shape index (κ1) is 18.1. The Morgan fingerprint density at radius 1 is 1.22 bits per heavy atom. The molecule has 4 rings (SSSR count). The monoisotopic (exact) mass is 370 g/mol. The molecule has 0 bridgehead atoms. The molecule has 1 saturated carbocycles. The average Bonchev–Trinajstić information content (AvgIpc) is 3.32. The number of carbonyl (C=O) groups is 1. The van der Waals surface area contributed by atoms with Crippen LogP contribution in [0.15, 0.2) is 24.8 Å². The lowest BCUT2D eigenvalue weighted by molar-refractivity contribution is 0.170. The summed E-state index contributed by atoms with van der Waals surface area (Å²) in [6, 6.07) is 2.42. The van der Waals surface area contributed by atoms with Crippen LogP contribution in [0.25, 0.3) is 0 Å². The molecule has 1 aliphatic heterocycles. The molecule has 146 valence electrons. The number of piperidine rings is 1. The van der Waals surface area contributed by atoms with Crippen LogP contribution in [0.3, 0.4) is 0 Å². The number of amides is 2. The fourth-order valence-corrected chi connectivity index (χ4v) is 4.49. The Hall–Kier alpha value is -2.31. The molecule has 2 amide bonds. The number of urea groups is 1. The molecule has 0 aromatic carbocycles. The van der Waals surface area contributed by atoms with Gasteiger partial charge in [-0.1, -0.05) is 19.3 Å². The van der Waals surface area contributed by atoms with Gasteiger partial charge in [-0.05, 0) is 38.5 Å². The van der Waals surface area contributed by atoms with Crippen LogP contribution in [0.4, 0.5) is 10.6 Å². The molecular formula is C20H30N6O. The van der Waals surface area contributed by atoms with Crippen molar-refractivity contribution in [3.05, 3.63) is 30.5 Å². The normalized spacial score (nSPS) is 21.4. The van der Waals surface area contributed by atoms with E-state index in [9.17, 15) is 4.79 Å². The highest BCUT2D eigenvalue weighted by molar-refractivity contribution is 5.88. The summed E-state index contributed by atoms with van der Waals surface area (Å²) in [6.07, 6.45) is 14.0. The summed E-state index contributed by atoms with van der Waals surface area (Å²) in [5.41, 5.74) is 0.965. The van der Waals surface area contributed by atoms with Crippen molar-refractivity contribution in [2.75, 3.05) is 18.4 Å². The van der Waals surface area contributed by atoms with Gasteiger partial charge < -0.3 is 9.47 Å². The first-order valence-electron chi connectivity index (χ1n) is 10.3. The Balaban J connectivity index is 1.40. The highest BCUT2D eigenvalue weighted by Crippen LogP contribution is 2.31. The van der Waals surface area contributed by atoms with Gasteiger partial charge in [0.2, 0.25) is 0 Å². The van der Waals surface area contributed by atoms with Gasteiger partial charge in [0.05, 0.1) is 18.1 Å². The molecule has 0 spiro atoms. The summed E-state index contributed by atoms with van der Waals surface area (Å²) >= 11 is 0. The third kappa shape index (κ3) is 4.34. The molecule has 1 aliphatic carbocycles. The zero-order valence-electron chi connectivity index (χ0n) is 16.2. The van der Waals surface area contributed by atoms with E-state index in [2.05, 4.69) is 24.6 Å². The molecule has 0 radical (unpaired) electrons. The lowest BCUT2D eigenvalue weighted by Gasteiger charge is -2.33. The molecule has 1 atom stereocenters. The maximum atomic E-state index is 12.9. The molecule has 3 heterocycles. The van der Waals surface area contributed by atoms with E-state index >= 15 is 0 Å². The minimum absolute atomic E-state index is 0.00212. The van der Waals surface area contributed by atoms with Crippen molar-refractivity contribution in [3.8, 4) is 0 Å². The number of hydrogen-bond donors (Lipinski definition) is 1. The highest BCUT2D eigenvalue weighted by atomic mass is 16.2. The number of carbonyl (C=O) groups excluding carboxylic acids is 1. The van der Waals surface area contributed by atoms with Crippen LogP contribution in [-0.2, 0) is 6.54 Å². The van der Waals surface area contributed by atoms with Gasteiger partial charge in [0, 0.05) is 38.1 Å². The molecule has 1 N–H and O–H groups in total.